The third-order valence-corrected chi connectivity index (χ3v) is 7.64. The van der Waals surface area contributed by atoms with Crippen molar-refractivity contribution in [3.8, 4) is 0 Å². The number of anilines is 1. The van der Waals surface area contributed by atoms with Gasteiger partial charge in [-0.2, -0.15) is 0 Å². The Morgan fingerprint density at radius 1 is 1.04 bits per heavy atom. The summed E-state index contributed by atoms with van der Waals surface area (Å²) in [5.74, 6) is 3.13. The maximum Gasteiger partial charge on any atom is 0.258 e. The predicted octanol–water partition coefficient (Wildman–Crippen LogP) is 5.91. The molecule has 138 valence electrons. The summed E-state index contributed by atoms with van der Waals surface area (Å²) in [5, 5.41) is 0. The normalized spacial score (nSPS) is 14.4. The minimum Gasteiger partial charge on any atom is -0.467 e. The highest BCUT2D eigenvalue weighted by molar-refractivity contribution is 8.19. The molecule has 1 fully saturated rings. The average molecular weight is 396 g/mol. The second kappa shape index (κ2) is 8.28. The van der Waals surface area contributed by atoms with Crippen LogP contribution in [-0.4, -0.2) is 17.4 Å². The van der Waals surface area contributed by atoms with Crippen LogP contribution in [0.2, 0.25) is 0 Å². The van der Waals surface area contributed by atoms with Crippen molar-refractivity contribution in [2.45, 2.75) is 18.1 Å². The van der Waals surface area contributed by atoms with Crippen LogP contribution in [0.25, 0.3) is 0 Å². The molecule has 0 unspecified atom stereocenters. The number of amides is 1. The molecule has 0 bridgehead atoms. The van der Waals surface area contributed by atoms with Crippen LogP contribution in [0.1, 0.15) is 31.8 Å². The smallest absolute Gasteiger partial charge is 0.258 e. The van der Waals surface area contributed by atoms with Crippen molar-refractivity contribution in [2.75, 3.05) is 16.4 Å². The summed E-state index contributed by atoms with van der Waals surface area (Å²) >= 11 is 3.94. The maximum atomic E-state index is 13.3. The fraction of sp³-hybridized carbons (Fsp3) is 0.227. The van der Waals surface area contributed by atoms with Gasteiger partial charge in [0.1, 0.15) is 5.76 Å². The Bertz CT molecular complexity index is 883. The van der Waals surface area contributed by atoms with Crippen molar-refractivity contribution in [1.29, 1.82) is 0 Å². The first kappa shape index (κ1) is 18.3. The Labute approximate surface area is 168 Å². The van der Waals surface area contributed by atoms with Crippen LogP contribution in [0.4, 0.5) is 5.69 Å². The molecule has 3 nitrogen and oxygen atoms in total. The fourth-order valence-electron chi connectivity index (χ4n) is 3.05. The zero-order chi connectivity index (χ0) is 18.6. The number of nitrogens with zero attached hydrogens (tertiary/aromatic N) is 1. The first-order chi connectivity index (χ1) is 13.2. The first-order valence-corrected chi connectivity index (χ1v) is 11.0. The number of thioether (sulfide) groups is 2. The Morgan fingerprint density at radius 3 is 2.37 bits per heavy atom. The first-order valence-electron chi connectivity index (χ1n) is 8.95. The van der Waals surface area contributed by atoms with Crippen molar-refractivity contribution in [3.05, 3.63) is 89.4 Å². The summed E-state index contributed by atoms with van der Waals surface area (Å²) in [5.41, 5.74) is 4.01. The molecular formula is C22H21NO2S2. The molecule has 0 saturated carbocycles. The van der Waals surface area contributed by atoms with Crippen LogP contribution in [0.3, 0.4) is 0 Å². The Balaban J connectivity index is 1.60. The number of hydrogen-bond acceptors (Lipinski definition) is 4. The lowest BCUT2D eigenvalue weighted by molar-refractivity contribution is 0.0983. The standard InChI is InChI=1S/C22H21NO2S2/c1-16-4-10-19(11-5-16)23(15-20-3-2-12-25-20)21(24)17-6-8-18(9-7-17)22-26-13-14-27-22/h2-12,22H,13-15H2,1H3. The van der Waals surface area contributed by atoms with Crippen LogP contribution in [-0.2, 0) is 6.54 Å². The molecule has 2 aromatic carbocycles. The van der Waals surface area contributed by atoms with Crippen molar-refractivity contribution in [3.63, 3.8) is 0 Å². The molecule has 3 aromatic rings. The summed E-state index contributed by atoms with van der Waals surface area (Å²) in [6, 6.07) is 19.8. The molecular weight excluding hydrogens is 374 g/mol. The van der Waals surface area contributed by atoms with E-state index < -0.39 is 0 Å². The van der Waals surface area contributed by atoms with Gasteiger partial charge >= 0.3 is 0 Å². The van der Waals surface area contributed by atoms with Gasteiger partial charge in [0, 0.05) is 22.8 Å². The highest BCUT2D eigenvalue weighted by Gasteiger charge is 2.21. The maximum absolute atomic E-state index is 13.3. The Morgan fingerprint density at radius 2 is 1.74 bits per heavy atom. The Hall–Kier alpha value is -2.11. The molecule has 1 amide bonds. The summed E-state index contributed by atoms with van der Waals surface area (Å²) in [6.07, 6.45) is 1.64. The number of furan rings is 1. The van der Waals surface area contributed by atoms with Crippen LogP contribution < -0.4 is 4.90 Å². The molecule has 2 heterocycles. The minimum absolute atomic E-state index is 0.0199. The van der Waals surface area contributed by atoms with E-state index in [0.717, 1.165) is 11.4 Å². The lowest BCUT2D eigenvalue weighted by Gasteiger charge is -2.22. The quantitative estimate of drug-likeness (QED) is 0.537. The largest absolute Gasteiger partial charge is 0.467 e. The lowest BCUT2D eigenvalue weighted by Crippen LogP contribution is -2.30. The van der Waals surface area contributed by atoms with Crippen molar-refractivity contribution in [2.24, 2.45) is 0 Å². The van der Waals surface area contributed by atoms with Crippen LogP contribution in [0, 0.1) is 6.92 Å². The molecule has 5 heteroatoms. The summed E-state index contributed by atoms with van der Waals surface area (Å²) in [7, 11) is 0. The topological polar surface area (TPSA) is 33.5 Å². The second-order valence-electron chi connectivity index (χ2n) is 6.50. The van der Waals surface area contributed by atoms with E-state index in [-0.39, 0.29) is 5.91 Å². The Kier molecular flexibility index (Phi) is 5.60. The van der Waals surface area contributed by atoms with Crippen LogP contribution in [0.5, 0.6) is 0 Å². The van der Waals surface area contributed by atoms with Gasteiger partial charge in [0.05, 0.1) is 17.4 Å². The van der Waals surface area contributed by atoms with Gasteiger partial charge in [0.25, 0.3) is 5.91 Å². The van der Waals surface area contributed by atoms with Gasteiger partial charge in [0.15, 0.2) is 0 Å². The van der Waals surface area contributed by atoms with Crippen LogP contribution >= 0.6 is 23.5 Å². The van der Waals surface area contributed by atoms with E-state index in [9.17, 15) is 4.79 Å². The van der Waals surface area contributed by atoms with Crippen molar-refractivity contribution >= 4 is 35.1 Å². The molecule has 1 aromatic heterocycles. The number of carbonyl (C=O) groups excluding carboxylic acids is 1. The number of benzene rings is 2. The van der Waals surface area contributed by atoms with Gasteiger partial charge in [-0.3, -0.25) is 4.79 Å². The van der Waals surface area contributed by atoms with Gasteiger partial charge < -0.3 is 9.32 Å². The molecule has 0 N–H and O–H groups in total. The predicted molar refractivity (Wildman–Crippen MR) is 114 cm³/mol. The van der Waals surface area contributed by atoms with E-state index in [1.807, 2.05) is 79.0 Å². The number of hydrogen-bond donors (Lipinski definition) is 0. The molecule has 0 aliphatic carbocycles. The van der Waals surface area contributed by atoms with E-state index >= 15 is 0 Å². The van der Waals surface area contributed by atoms with Crippen molar-refractivity contribution in [1.82, 2.24) is 0 Å². The lowest BCUT2D eigenvalue weighted by atomic mass is 10.1. The second-order valence-corrected chi connectivity index (χ2v) is 9.23. The molecule has 1 aliphatic rings. The summed E-state index contributed by atoms with van der Waals surface area (Å²) in [4.78, 5) is 15.0. The monoisotopic (exact) mass is 395 g/mol. The molecule has 1 aliphatic heterocycles. The van der Waals surface area contributed by atoms with Crippen molar-refractivity contribution < 1.29 is 9.21 Å². The van der Waals surface area contributed by atoms with E-state index in [2.05, 4.69) is 12.1 Å². The average Bonchev–Trinajstić information content (AvgIpc) is 3.41. The van der Waals surface area contributed by atoms with E-state index in [1.165, 1.54) is 22.6 Å². The third-order valence-electron chi connectivity index (χ3n) is 4.54. The minimum atomic E-state index is -0.0199. The summed E-state index contributed by atoms with van der Waals surface area (Å²) < 4.78 is 5.97. The molecule has 27 heavy (non-hydrogen) atoms. The van der Waals surface area contributed by atoms with Gasteiger partial charge in [0.2, 0.25) is 0 Å². The number of carbonyl (C=O) groups is 1. The van der Waals surface area contributed by atoms with Gasteiger partial charge in [-0.05, 0) is 48.9 Å². The van der Waals surface area contributed by atoms with Gasteiger partial charge in [-0.15, -0.1) is 23.5 Å². The van der Waals surface area contributed by atoms with E-state index in [4.69, 9.17) is 4.42 Å². The number of aryl methyl sites for hydroxylation is 1. The molecule has 4 rings (SSSR count). The zero-order valence-corrected chi connectivity index (χ0v) is 16.8. The highest BCUT2D eigenvalue weighted by Crippen LogP contribution is 2.45. The van der Waals surface area contributed by atoms with Gasteiger partial charge in [-0.1, -0.05) is 29.8 Å². The van der Waals surface area contributed by atoms with Crippen LogP contribution in [0.15, 0.2) is 71.3 Å². The molecule has 1 saturated heterocycles. The highest BCUT2D eigenvalue weighted by atomic mass is 32.2. The SMILES string of the molecule is Cc1ccc(N(Cc2ccco2)C(=O)c2ccc(C3SCCS3)cc2)cc1. The molecule has 0 radical (unpaired) electrons. The van der Waals surface area contributed by atoms with E-state index in [0.29, 0.717) is 16.7 Å². The zero-order valence-electron chi connectivity index (χ0n) is 15.1. The fourth-order valence-corrected chi connectivity index (χ4v) is 5.91. The molecule has 0 spiro atoms. The van der Waals surface area contributed by atoms with E-state index in [1.54, 1.807) is 11.2 Å². The molecule has 0 atom stereocenters. The summed E-state index contributed by atoms with van der Waals surface area (Å²) in [6.45, 7) is 2.45. The third kappa shape index (κ3) is 4.25. The van der Waals surface area contributed by atoms with Gasteiger partial charge in [-0.25, -0.2) is 0 Å². The number of rotatable bonds is 5.